The minimum Gasteiger partial charge on any atom is -0.393 e. The number of thiol groups is 1. The molecule has 1 saturated heterocycles. The molecule has 0 aliphatic carbocycles. The number of ether oxygens (including phenoxy) is 1. The molecule has 3 atom stereocenters. The Bertz CT molecular complexity index is 142. The van der Waals surface area contributed by atoms with Gasteiger partial charge in [-0.1, -0.05) is 6.92 Å². The maximum absolute atomic E-state index is 9.13. The van der Waals surface area contributed by atoms with E-state index in [0.29, 0.717) is 0 Å². The molecule has 0 spiro atoms. The predicted octanol–water partition coefficient (Wildman–Crippen LogP) is -0.195. The maximum atomic E-state index is 9.13. The first-order valence-corrected chi connectivity index (χ1v) is 4.59. The van der Waals surface area contributed by atoms with Crippen molar-refractivity contribution < 1.29 is 9.84 Å². The van der Waals surface area contributed by atoms with Gasteiger partial charge in [-0.3, -0.25) is 0 Å². The van der Waals surface area contributed by atoms with Crippen molar-refractivity contribution in [3.63, 3.8) is 0 Å². The third kappa shape index (κ3) is 1.74. The van der Waals surface area contributed by atoms with Crippen LogP contribution in [0.3, 0.4) is 0 Å². The standard InChI is InChI=1S/C7H15BO2S/c1-5(11)7(4-9)3-2-6(8)10-7/h5-6,9,11H,2-4,8H2,1H3/t5?,6?,7-/m0/s1. The van der Waals surface area contributed by atoms with Gasteiger partial charge in [0.25, 0.3) is 0 Å². The Morgan fingerprint density at radius 3 is 2.73 bits per heavy atom. The molecule has 4 heteroatoms. The van der Waals surface area contributed by atoms with Gasteiger partial charge in [0.2, 0.25) is 0 Å². The van der Waals surface area contributed by atoms with Crippen molar-refractivity contribution in [2.24, 2.45) is 0 Å². The molecule has 0 aromatic rings. The summed E-state index contributed by atoms with van der Waals surface area (Å²) in [5, 5.41) is 9.24. The summed E-state index contributed by atoms with van der Waals surface area (Å²) >= 11 is 4.31. The lowest BCUT2D eigenvalue weighted by Crippen LogP contribution is -2.41. The van der Waals surface area contributed by atoms with E-state index in [-0.39, 0.29) is 23.5 Å². The maximum Gasteiger partial charge on any atom is 0.139 e. The van der Waals surface area contributed by atoms with Crippen molar-refractivity contribution in [3.05, 3.63) is 0 Å². The Balaban J connectivity index is 2.62. The molecule has 0 aromatic carbocycles. The van der Waals surface area contributed by atoms with Crippen LogP contribution in [0, 0.1) is 0 Å². The van der Waals surface area contributed by atoms with Gasteiger partial charge in [0.05, 0.1) is 6.61 Å². The Morgan fingerprint density at radius 2 is 2.55 bits per heavy atom. The molecule has 1 aliphatic rings. The summed E-state index contributed by atoms with van der Waals surface area (Å²) in [5.74, 6) is 0. The van der Waals surface area contributed by atoms with Crippen LogP contribution in [0.4, 0.5) is 0 Å². The zero-order valence-corrected chi connectivity index (χ0v) is 7.97. The molecule has 0 radical (unpaired) electrons. The predicted molar refractivity (Wildman–Crippen MR) is 50.9 cm³/mol. The van der Waals surface area contributed by atoms with Crippen molar-refractivity contribution in [2.75, 3.05) is 6.61 Å². The second-order valence-corrected chi connectivity index (χ2v) is 4.14. The van der Waals surface area contributed by atoms with E-state index < -0.39 is 0 Å². The largest absolute Gasteiger partial charge is 0.393 e. The van der Waals surface area contributed by atoms with Crippen LogP contribution in [0.1, 0.15) is 19.8 Å². The highest BCUT2D eigenvalue weighted by atomic mass is 32.1. The fourth-order valence-corrected chi connectivity index (χ4v) is 1.79. The third-order valence-electron chi connectivity index (χ3n) is 2.44. The van der Waals surface area contributed by atoms with Gasteiger partial charge >= 0.3 is 0 Å². The molecule has 0 aromatic heterocycles. The molecule has 1 N–H and O–H groups in total. The summed E-state index contributed by atoms with van der Waals surface area (Å²) < 4.78 is 5.63. The van der Waals surface area contributed by atoms with Crippen LogP contribution in [0.25, 0.3) is 0 Å². The highest BCUT2D eigenvalue weighted by Gasteiger charge is 2.41. The Morgan fingerprint density at radius 1 is 1.91 bits per heavy atom. The van der Waals surface area contributed by atoms with E-state index in [1.54, 1.807) is 0 Å². The lowest BCUT2D eigenvalue weighted by Gasteiger charge is -2.30. The van der Waals surface area contributed by atoms with Crippen molar-refractivity contribution >= 4 is 20.5 Å². The van der Waals surface area contributed by atoms with Crippen LogP contribution in [-0.2, 0) is 4.74 Å². The normalized spacial score (nSPS) is 40.8. The summed E-state index contributed by atoms with van der Waals surface area (Å²) in [6, 6.07) is 0.275. The molecule has 0 saturated carbocycles. The lowest BCUT2D eigenvalue weighted by molar-refractivity contribution is -0.0481. The second-order valence-electron chi connectivity index (χ2n) is 3.37. The lowest BCUT2D eigenvalue weighted by atomic mass is 9.93. The SMILES string of the molecule is BC1CC[C@](CO)(C(C)S)O1. The number of hydrogen-bond acceptors (Lipinski definition) is 3. The first kappa shape index (κ1) is 9.42. The topological polar surface area (TPSA) is 29.5 Å². The van der Waals surface area contributed by atoms with Crippen LogP contribution in [-0.4, -0.2) is 36.4 Å². The van der Waals surface area contributed by atoms with E-state index in [0.717, 1.165) is 12.8 Å². The van der Waals surface area contributed by atoms with Gasteiger partial charge in [-0.25, -0.2) is 0 Å². The van der Waals surface area contributed by atoms with E-state index in [2.05, 4.69) is 12.6 Å². The molecule has 0 bridgehead atoms. The highest BCUT2D eigenvalue weighted by Crippen LogP contribution is 2.33. The smallest absolute Gasteiger partial charge is 0.139 e. The Kier molecular flexibility index (Phi) is 2.89. The first-order valence-electron chi connectivity index (χ1n) is 4.07. The number of aliphatic hydroxyl groups is 1. The third-order valence-corrected chi connectivity index (χ3v) is 2.91. The zero-order valence-electron chi connectivity index (χ0n) is 7.08. The van der Waals surface area contributed by atoms with Crippen LogP contribution >= 0.6 is 12.6 Å². The van der Waals surface area contributed by atoms with Crippen molar-refractivity contribution in [3.8, 4) is 0 Å². The monoisotopic (exact) mass is 174 g/mol. The summed E-state index contributed by atoms with van der Waals surface area (Å²) in [6.45, 7) is 2.05. The molecule has 1 aliphatic heterocycles. The van der Waals surface area contributed by atoms with Crippen molar-refractivity contribution in [1.29, 1.82) is 0 Å². The molecule has 1 fully saturated rings. The van der Waals surface area contributed by atoms with Gasteiger partial charge in [0, 0.05) is 11.3 Å². The van der Waals surface area contributed by atoms with E-state index in [1.165, 1.54) is 0 Å². The average Bonchev–Trinajstić information content (AvgIpc) is 2.33. The minimum atomic E-state index is -0.372. The van der Waals surface area contributed by atoms with E-state index >= 15 is 0 Å². The summed E-state index contributed by atoms with van der Waals surface area (Å²) in [4.78, 5) is 0. The molecule has 11 heavy (non-hydrogen) atoms. The van der Waals surface area contributed by atoms with Crippen molar-refractivity contribution in [1.82, 2.24) is 0 Å². The number of rotatable bonds is 2. The van der Waals surface area contributed by atoms with E-state index in [9.17, 15) is 0 Å². The Hall–Kier alpha value is 0.335. The average molecular weight is 174 g/mol. The van der Waals surface area contributed by atoms with Crippen molar-refractivity contribution in [2.45, 2.75) is 36.6 Å². The zero-order chi connectivity index (χ0) is 8.48. The van der Waals surface area contributed by atoms with Crippen LogP contribution < -0.4 is 0 Å². The quantitative estimate of drug-likeness (QED) is 0.448. The molecule has 1 rings (SSSR count). The number of aliphatic hydroxyl groups excluding tert-OH is 1. The molecule has 2 unspecified atom stereocenters. The van der Waals surface area contributed by atoms with Gasteiger partial charge in [-0.05, 0) is 12.8 Å². The molecular formula is C7H15BO2S. The Labute approximate surface area is 74.1 Å². The first-order chi connectivity index (χ1) is 5.10. The van der Waals surface area contributed by atoms with Crippen LogP contribution in [0.2, 0.25) is 0 Å². The molecular weight excluding hydrogens is 159 g/mol. The summed E-state index contributed by atoms with van der Waals surface area (Å²) in [5.41, 5.74) is -0.372. The fraction of sp³-hybridized carbons (Fsp3) is 1.00. The highest BCUT2D eigenvalue weighted by molar-refractivity contribution is 7.81. The van der Waals surface area contributed by atoms with Gasteiger partial charge in [0.15, 0.2) is 0 Å². The van der Waals surface area contributed by atoms with Gasteiger partial charge in [-0.2, -0.15) is 12.6 Å². The molecule has 2 nitrogen and oxygen atoms in total. The second kappa shape index (κ2) is 3.38. The van der Waals surface area contributed by atoms with Gasteiger partial charge in [0.1, 0.15) is 13.4 Å². The minimum absolute atomic E-state index is 0.0853. The fourth-order valence-electron chi connectivity index (χ4n) is 1.52. The van der Waals surface area contributed by atoms with Crippen LogP contribution in [0.5, 0.6) is 0 Å². The number of hydrogen-bond donors (Lipinski definition) is 2. The van der Waals surface area contributed by atoms with E-state index in [1.807, 2.05) is 14.8 Å². The summed E-state index contributed by atoms with van der Waals surface area (Å²) in [7, 11) is 2.04. The van der Waals surface area contributed by atoms with Crippen LogP contribution in [0.15, 0.2) is 0 Å². The molecule has 64 valence electrons. The molecule has 1 heterocycles. The molecule has 0 amide bonds. The van der Waals surface area contributed by atoms with E-state index in [4.69, 9.17) is 9.84 Å². The summed E-state index contributed by atoms with van der Waals surface area (Å²) in [6.07, 6.45) is 1.96. The van der Waals surface area contributed by atoms with Gasteiger partial charge < -0.3 is 9.84 Å². The van der Waals surface area contributed by atoms with Gasteiger partial charge in [-0.15, -0.1) is 0 Å².